The standard InChI is InChI=1S/C23H28N6O2/c1-15(2)23(30)31-16(3)28-11-9-19-21(25-14-26-22(19)28)18-12-27-29(13-18)20(8-10-24)17-6-4-5-7-17/h9,11-17,20H,4-8H2,1-3H3/t16?,20-/m1/s1. The van der Waals surface area contributed by atoms with Crippen molar-refractivity contribution in [1.82, 2.24) is 24.3 Å². The van der Waals surface area contributed by atoms with E-state index in [9.17, 15) is 10.1 Å². The van der Waals surface area contributed by atoms with Crippen LogP contribution in [0.3, 0.4) is 0 Å². The predicted octanol–water partition coefficient (Wildman–Crippen LogP) is 4.66. The Kier molecular flexibility index (Phi) is 6.03. The first-order chi connectivity index (χ1) is 15.0. The van der Waals surface area contributed by atoms with Gasteiger partial charge in [-0.15, -0.1) is 0 Å². The van der Waals surface area contributed by atoms with Gasteiger partial charge in [-0.3, -0.25) is 14.0 Å². The Morgan fingerprint density at radius 2 is 2.06 bits per heavy atom. The number of hydrogen-bond acceptors (Lipinski definition) is 6. The first-order valence-corrected chi connectivity index (χ1v) is 10.9. The van der Waals surface area contributed by atoms with Crippen LogP contribution >= 0.6 is 0 Å². The number of ether oxygens (including phenoxy) is 1. The van der Waals surface area contributed by atoms with Gasteiger partial charge in [-0.25, -0.2) is 9.97 Å². The molecule has 2 atom stereocenters. The van der Waals surface area contributed by atoms with Crippen LogP contribution in [0.25, 0.3) is 22.3 Å². The predicted molar refractivity (Wildman–Crippen MR) is 116 cm³/mol. The third-order valence-corrected chi connectivity index (χ3v) is 6.12. The van der Waals surface area contributed by atoms with Gasteiger partial charge in [0, 0.05) is 23.3 Å². The topological polar surface area (TPSA) is 98.6 Å². The summed E-state index contributed by atoms with van der Waals surface area (Å²) in [5, 5.41) is 14.8. The summed E-state index contributed by atoms with van der Waals surface area (Å²) in [4.78, 5) is 20.9. The van der Waals surface area contributed by atoms with Gasteiger partial charge >= 0.3 is 5.97 Å². The third kappa shape index (κ3) is 4.18. The molecule has 8 nitrogen and oxygen atoms in total. The van der Waals surface area contributed by atoms with Crippen molar-refractivity contribution in [1.29, 1.82) is 5.26 Å². The Morgan fingerprint density at radius 3 is 2.77 bits per heavy atom. The van der Waals surface area contributed by atoms with Crippen LogP contribution in [0.5, 0.6) is 0 Å². The van der Waals surface area contributed by atoms with E-state index in [4.69, 9.17) is 4.74 Å². The van der Waals surface area contributed by atoms with Gasteiger partial charge in [0.25, 0.3) is 0 Å². The van der Waals surface area contributed by atoms with Gasteiger partial charge in [0.05, 0.1) is 36.3 Å². The second kappa shape index (κ2) is 8.88. The number of hydrogen-bond donors (Lipinski definition) is 0. The first kappa shape index (κ1) is 21.0. The number of esters is 1. The number of aromatic nitrogens is 5. The fraction of sp³-hybridized carbons (Fsp3) is 0.522. The molecular formula is C23H28N6O2. The van der Waals surface area contributed by atoms with E-state index in [1.54, 1.807) is 6.20 Å². The summed E-state index contributed by atoms with van der Waals surface area (Å²) in [6.45, 7) is 5.45. The van der Waals surface area contributed by atoms with Crippen molar-refractivity contribution in [3.05, 3.63) is 31.0 Å². The maximum absolute atomic E-state index is 12.0. The minimum atomic E-state index is -0.472. The van der Waals surface area contributed by atoms with Gasteiger partial charge < -0.3 is 4.74 Å². The molecule has 0 radical (unpaired) electrons. The van der Waals surface area contributed by atoms with Crippen LogP contribution in [-0.4, -0.2) is 30.3 Å². The van der Waals surface area contributed by atoms with Crippen molar-refractivity contribution in [3.63, 3.8) is 0 Å². The monoisotopic (exact) mass is 420 g/mol. The van der Waals surface area contributed by atoms with E-state index in [1.807, 2.05) is 48.5 Å². The largest absolute Gasteiger partial charge is 0.441 e. The van der Waals surface area contributed by atoms with Gasteiger partial charge in [0.2, 0.25) is 0 Å². The van der Waals surface area contributed by atoms with E-state index in [1.165, 1.54) is 19.2 Å². The van der Waals surface area contributed by atoms with Crippen molar-refractivity contribution in [2.75, 3.05) is 0 Å². The molecule has 0 aliphatic heterocycles. The molecule has 4 rings (SSSR count). The Balaban J connectivity index is 1.64. The third-order valence-electron chi connectivity index (χ3n) is 6.12. The molecule has 1 unspecified atom stereocenters. The lowest BCUT2D eigenvalue weighted by Gasteiger charge is -2.21. The highest BCUT2D eigenvalue weighted by Gasteiger charge is 2.27. The molecule has 1 aliphatic carbocycles. The molecule has 1 aliphatic rings. The summed E-state index contributed by atoms with van der Waals surface area (Å²) in [5.41, 5.74) is 2.36. The van der Waals surface area contributed by atoms with E-state index in [0.717, 1.165) is 29.5 Å². The molecule has 0 spiro atoms. The first-order valence-electron chi connectivity index (χ1n) is 10.9. The molecule has 31 heavy (non-hydrogen) atoms. The van der Waals surface area contributed by atoms with E-state index in [2.05, 4.69) is 21.1 Å². The maximum Gasteiger partial charge on any atom is 0.310 e. The molecule has 8 heteroatoms. The maximum atomic E-state index is 12.0. The average molecular weight is 421 g/mol. The zero-order chi connectivity index (χ0) is 22.0. The minimum Gasteiger partial charge on any atom is -0.441 e. The van der Waals surface area contributed by atoms with Crippen LogP contribution in [0.4, 0.5) is 0 Å². The molecule has 3 heterocycles. The molecular weight excluding hydrogens is 392 g/mol. The highest BCUT2D eigenvalue weighted by molar-refractivity contribution is 5.90. The molecule has 0 N–H and O–H groups in total. The lowest BCUT2D eigenvalue weighted by molar-refractivity contribution is -0.156. The number of fused-ring (bicyclic) bond motifs is 1. The molecule has 0 saturated heterocycles. The summed E-state index contributed by atoms with van der Waals surface area (Å²) in [6, 6.07) is 4.36. The summed E-state index contributed by atoms with van der Waals surface area (Å²) < 4.78 is 9.32. The molecule has 162 valence electrons. The van der Waals surface area contributed by atoms with Gasteiger partial charge in [0.15, 0.2) is 6.23 Å². The lowest BCUT2D eigenvalue weighted by Crippen LogP contribution is -2.18. The van der Waals surface area contributed by atoms with Crippen LogP contribution in [-0.2, 0) is 9.53 Å². The summed E-state index contributed by atoms with van der Waals surface area (Å²) >= 11 is 0. The molecule has 0 amide bonds. The molecule has 0 aromatic carbocycles. The van der Waals surface area contributed by atoms with Crippen molar-refractivity contribution in [2.45, 2.75) is 65.1 Å². The second-order valence-electron chi connectivity index (χ2n) is 8.56. The van der Waals surface area contributed by atoms with Gasteiger partial charge in [0.1, 0.15) is 12.0 Å². The van der Waals surface area contributed by atoms with Crippen molar-refractivity contribution in [3.8, 4) is 17.3 Å². The summed E-state index contributed by atoms with van der Waals surface area (Å²) in [5.74, 6) is 0.0530. The molecule has 1 saturated carbocycles. The number of nitrogens with zero attached hydrogens (tertiary/aromatic N) is 6. The van der Waals surface area contributed by atoms with Crippen molar-refractivity contribution < 1.29 is 9.53 Å². The van der Waals surface area contributed by atoms with Gasteiger partial charge in [-0.05, 0) is 31.7 Å². The van der Waals surface area contributed by atoms with Crippen LogP contribution in [0.2, 0.25) is 0 Å². The SMILES string of the molecule is CC(C)C(=O)OC(C)n1ccc2c(-c3cnn([C@H](CC#N)C4CCCC4)c3)ncnc21. The zero-order valence-electron chi connectivity index (χ0n) is 18.2. The van der Waals surface area contributed by atoms with Crippen molar-refractivity contribution in [2.24, 2.45) is 11.8 Å². The number of carbonyl (C=O) groups excluding carboxylic acids is 1. The molecule has 3 aromatic heterocycles. The normalized spacial score (nSPS) is 16.5. The van der Waals surface area contributed by atoms with Gasteiger partial charge in [-0.2, -0.15) is 10.4 Å². The van der Waals surface area contributed by atoms with Crippen LogP contribution < -0.4 is 0 Å². The number of rotatable bonds is 7. The number of nitriles is 1. The van der Waals surface area contributed by atoms with Gasteiger partial charge in [-0.1, -0.05) is 26.7 Å². The molecule has 3 aromatic rings. The Hall–Kier alpha value is -3.21. The molecule has 1 fully saturated rings. The smallest absolute Gasteiger partial charge is 0.310 e. The van der Waals surface area contributed by atoms with Crippen LogP contribution in [0.1, 0.15) is 65.1 Å². The summed E-state index contributed by atoms with van der Waals surface area (Å²) in [6.07, 6.45) is 11.9. The zero-order valence-corrected chi connectivity index (χ0v) is 18.2. The molecule has 0 bridgehead atoms. The fourth-order valence-electron chi connectivity index (χ4n) is 4.41. The van der Waals surface area contributed by atoms with Crippen LogP contribution in [0, 0.1) is 23.2 Å². The highest BCUT2D eigenvalue weighted by atomic mass is 16.6. The Bertz CT molecular complexity index is 1100. The van der Waals surface area contributed by atoms with Crippen LogP contribution in [0.15, 0.2) is 31.0 Å². The van der Waals surface area contributed by atoms with Crippen molar-refractivity contribution >= 4 is 17.0 Å². The fourth-order valence-corrected chi connectivity index (χ4v) is 4.41. The second-order valence-corrected chi connectivity index (χ2v) is 8.56. The quantitative estimate of drug-likeness (QED) is 0.516. The van der Waals surface area contributed by atoms with E-state index >= 15 is 0 Å². The lowest BCUT2D eigenvalue weighted by atomic mass is 9.96. The van der Waals surface area contributed by atoms with E-state index in [0.29, 0.717) is 18.0 Å². The summed E-state index contributed by atoms with van der Waals surface area (Å²) in [7, 11) is 0. The Morgan fingerprint density at radius 1 is 1.29 bits per heavy atom. The average Bonchev–Trinajstić information content (AvgIpc) is 3.52. The Labute approximate surface area is 181 Å². The minimum absolute atomic E-state index is 0.0960. The number of carbonyl (C=O) groups is 1. The van der Waals surface area contributed by atoms with E-state index < -0.39 is 6.23 Å². The van der Waals surface area contributed by atoms with E-state index in [-0.39, 0.29) is 17.9 Å². The highest BCUT2D eigenvalue weighted by Crippen LogP contribution is 2.37.